The normalized spacial score (nSPS) is 12.2. The second-order valence-electron chi connectivity index (χ2n) is 4.58. The Balaban J connectivity index is 2.53. The average Bonchev–Trinajstić information content (AvgIpc) is 2.25. The largest absolute Gasteiger partial charge is 0.398 e. The number of nitrogens with two attached hydrogens (primary N) is 1. The van der Waals surface area contributed by atoms with Crippen molar-refractivity contribution in [2.45, 2.75) is 26.4 Å². The van der Waals surface area contributed by atoms with Gasteiger partial charge in [0.2, 0.25) is 0 Å². The minimum absolute atomic E-state index is 0.369. The molecule has 4 nitrogen and oxygen atoms in total. The number of anilines is 2. The zero-order chi connectivity index (χ0) is 12.8. The van der Waals surface area contributed by atoms with Gasteiger partial charge in [0.1, 0.15) is 6.07 Å². The Morgan fingerprint density at radius 2 is 2.18 bits per heavy atom. The molecular formula is C13H19N3O. The first-order valence-corrected chi connectivity index (χ1v) is 5.74. The summed E-state index contributed by atoms with van der Waals surface area (Å²) in [6.07, 6.45) is 0.394. The van der Waals surface area contributed by atoms with Crippen LogP contribution in [0.25, 0.3) is 0 Å². The number of hydrogen-bond donors (Lipinski definition) is 3. The minimum atomic E-state index is -0.369. The molecule has 1 atom stereocenters. The van der Waals surface area contributed by atoms with Crippen molar-refractivity contribution in [2.75, 3.05) is 17.6 Å². The Morgan fingerprint density at radius 1 is 1.47 bits per heavy atom. The van der Waals surface area contributed by atoms with Gasteiger partial charge in [0, 0.05) is 12.2 Å². The second kappa shape index (κ2) is 6.12. The van der Waals surface area contributed by atoms with Crippen LogP contribution in [0.1, 0.15) is 25.8 Å². The molecule has 0 aliphatic carbocycles. The Hall–Kier alpha value is -1.73. The number of hydrogen-bond acceptors (Lipinski definition) is 4. The third kappa shape index (κ3) is 4.33. The molecule has 0 amide bonds. The van der Waals surface area contributed by atoms with Crippen LogP contribution < -0.4 is 11.1 Å². The molecule has 0 heterocycles. The molecule has 0 fully saturated rings. The van der Waals surface area contributed by atoms with E-state index in [1.54, 1.807) is 18.2 Å². The first-order valence-electron chi connectivity index (χ1n) is 5.74. The van der Waals surface area contributed by atoms with E-state index in [9.17, 15) is 5.11 Å². The van der Waals surface area contributed by atoms with Gasteiger partial charge in [0.25, 0.3) is 0 Å². The first kappa shape index (κ1) is 13.3. The summed E-state index contributed by atoms with van der Waals surface area (Å²) in [5.74, 6) is 0.470. The van der Waals surface area contributed by atoms with Gasteiger partial charge in [-0.3, -0.25) is 0 Å². The average molecular weight is 233 g/mol. The highest BCUT2D eigenvalue weighted by Gasteiger charge is 2.07. The molecule has 1 aromatic rings. The maximum atomic E-state index is 9.70. The third-order valence-corrected chi connectivity index (χ3v) is 2.46. The van der Waals surface area contributed by atoms with Crippen LogP contribution >= 0.6 is 0 Å². The van der Waals surface area contributed by atoms with Crippen LogP contribution in [-0.2, 0) is 0 Å². The van der Waals surface area contributed by atoms with Gasteiger partial charge in [-0.2, -0.15) is 5.26 Å². The maximum Gasteiger partial charge on any atom is 0.101 e. The molecule has 1 unspecified atom stereocenters. The summed E-state index contributed by atoms with van der Waals surface area (Å²) < 4.78 is 0. The number of benzene rings is 1. The van der Waals surface area contributed by atoms with E-state index in [1.165, 1.54) is 0 Å². The molecule has 0 saturated carbocycles. The van der Waals surface area contributed by atoms with E-state index in [4.69, 9.17) is 11.0 Å². The molecular weight excluding hydrogens is 214 g/mol. The molecule has 4 N–H and O–H groups in total. The van der Waals surface area contributed by atoms with Crippen LogP contribution in [0.15, 0.2) is 18.2 Å². The lowest BCUT2D eigenvalue weighted by Gasteiger charge is -2.15. The molecule has 17 heavy (non-hydrogen) atoms. The molecule has 0 aliphatic rings. The molecule has 0 bridgehead atoms. The van der Waals surface area contributed by atoms with E-state index < -0.39 is 0 Å². The Labute approximate surface area is 102 Å². The number of rotatable bonds is 5. The van der Waals surface area contributed by atoms with Gasteiger partial charge in [0.15, 0.2) is 0 Å². The van der Waals surface area contributed by atoms with E-state index >= 15 is 0 Å². The number of nitrogens with one attached hydrogen (secondary N) is 1. The predicted molar refractivity (Wildman–Crippen MR) is 69.5 cm³/mol. The lowest BCUT2D eigenvalue weighted by Crippen LogP contribution is -2.21. The van der Waals surface area contributed by atoms with E-state index in [-0.39, 0.29) is 6.10 Å². The monoisotopic (exact) mass is 233 g/mol. The van der Waals surface area contributed by atoms with Crippen molar-refractivity contribution < 1.29 is 5.11 Å². The van der Waals surface area contributed by atoms with Crippen molar-refractivity contribution in [2.24, 2.45) is 5.92 Å². The van der Waals surface area contributed by atoms with Crippen molar-refractivity contribution in [3.05, 3.63) is 23.8 Å². The van der Waals surface area contributed by atoms with E-state index in [0.29, 0.717) is 23.7 Å². The quantitative estimate of drug-likeness (QED) is 0.679. The minimum Gasteiger partial charge on any atom is -0.398 e. The van der Waals surface area contributed by atoms with Gasteiger partial charge in [-0.15, -0.1) is 0 Å². The highest BCUT2D eigenvalue weighted by molar-refractivity contribution is 5.62. The molecule has 4 heteroatoms. The van der Waals surface area contributed by atoms with Crippen molar-refractivity contribution in [3.63, 3.8) is 0 Å². The highest BCUT2D eigenvalue weighted by Crippen LogP contribution is 2.17. The van der Waals surface area contributed by atoms with E-state index in [2.05, 4.69) is 19.2 Å². The van der Waals surface area contributed by atoms with E-state index in [1.807, 2.05) is 6.07 Å². The summed E-state index contributed by atoms with van der Waals surface area (Å²) in [4.78, 5) is 0. The van der Waals surface area contributed by atoms with Gasteiger partial charge in [-0.25, -0.2) is 0 Å². The van der Waals surface area contributed by atoms with Gasteiger partial charge in [0.05, 0.1) is 17.4 Å². The first-order chi connectivity index (χ1) is 8.02. The zero-order valence-electron chi connectivity index (χ0n) is 10.3. The molecule has 0 saturated heterocycles. The summed E-state index contributed by atoms with van der Waals surface area (Å²) in [5, 5.41) is 21.5. The van der Waals surface area contributed by atoms with Crippen LogP contribution in [0, 0.1) is 17.2 Å². The molecule has 0 aliphatic heterocycles. The smallest absolute Gasteiger partial charge is 0.101 e. The topological polar surface area (TPSA) is 82.1 Å². The van der Waals surface area contributed by atoms with Crippen molar-refractivity contribution >= 4 is 11.4 Å². The predicted octanol–water partition coefficient (Wildman–Crippen LogP) is 1.96. The third-order valence-electron chi connectivity index (χ3n) is 2.46. The summed E-state index contributed by atoms with van der Waals surface area (Å²) in [6.45, 7) is 4.63. The molecule has 0 aromatic heterocycles. The van der Waals surface area contributed by atoms with Crippen LogP contribution in [0.4, 0.5) is 11.4 Å². The summed E-state index contributed by atoms with van der Waals surface area (Å²) in [7, 11) is 0. The summed E-state index contributed by atoms with van der Waals surface area (Å²) >= 11 is 0. The van der Waals surface area contributed by atoms with Gasteiger partial charge in [-0.1, -0.05) is 13.8 Å². The van der Waals surface area contributed by atoms with Gasteiger partial charge >= 0.3 is 0 Å². The fraction of sp³-hybridized carbons (Fsp3) is 0.462. The number of aliphatic hydroxyl groups is 1. The number of nitriles is 1. The van der Waals surface area contributed by atoms with Crippen LogP contribution in [0.5, 0.6) is 0 Å². The molecule has 1 aromatic carbocycles. The van der Waals surface area contributed by atoms with Crippen LogP contribution in [-0.4, -0.2) is 17.8 Å². The Bertz CT molecular complexity index is 410. The molecule has 1 rings (SSSR count). The number of nitrogen functional groups attached to an aromatic ring is 1. The lowest BCUT2D eigenvalue weighted by molar-refractivity contribution is 0.161. The maximum absolute atomic E-state index is 9.70. The SMILES string of the molecule is CC(C)CC(O)CNc1ccc(C#N)c(N)c1. The number of aliphatic hydroxyl groups excluding tert-OH is 1. The van der Waals surface area contributed by atoms with Gasteiger partial charge in [-0.05, 0) is 30.5 Å². The highest BCUT2D eigenvalue weighted by atomic mass is 16.3. The van der Waals surface area contributed by atoms with E-state index in [0.717, 1.165) is 12.1 Å². The van der Waals surface area contributed by atoms with Crippen molar-refractivity contribution in [1.82, 2.24) is 0 Å². The Kier molecular flexibility index (Phi) is 4.80. The van der Waals surface area contributed by atoms with Crippen molar-refractivity contribution in [1.29, 1.82) is 5.26 Å². The second-order valence-corrected chi connectivity index (χ2v) is 4.58. The zero-order valence-corrected chi connectivity index (χ0v) is 10.3. The van der Waals surface area contributed by atoms with Crippen molar-refractivity contribution in [3.8, 4) is 6.07 Å². The molecule has 0 radical (unpaired) electrons. The number of nitrogens with zero attached hydrogens (tertiary/aromatic N) is 1. The standard InChI is InChI=1S/C13H19N3O/c1-9(2)5-12(17)8-16-11-4-3-10(7-14)13(15)6-11/h3-4,6,9,12,16-17H,5,8,15H2,1-2H3. The van der Waals surface area contributed by atoms with Gasteiger partial charge < -0.3 is 16.2 Å². The fourth-order valence-corrected chi connectivity index (χ4v) is 1.64. The summed E-state index contributed by atoms with van der Waals surface area (Å²) in [6, 6.07) is 7.18. The van der Waals surface area contributed by atoms with Crippen LogP contribution in [0.2, 0.25) is 0 Å². The fourth-order valence-electron chi connectivity index (χ4n) is 1.64. The van der Waals surface area contributed by atoms with Crippen LogP contribution in [0.3, 0.4) is 0 Å². The molecule has 0 spiro atoms. The Morgan fingerprint density at radius 3 is 2.71 bits per heavy atom. The lowest BCUT2D eigenvalue weighted by atomic mass is 10.1. The molecule has 92 valence electrons. The summed E-state index contributed by atoms with van der Waals surface area (Å²) in [5.41, 5.74) is 7.44.